The Morgan fingerprint density at radius 1 is 1.40 bits per heavy atom. The Hall–Kier alpha value is -2.60. The molecule has 4 rings (SSSR count). The first kappa shape index (κ1) is 20.7. The van der Waals surface area contributed by atoms with Gasteiger partial charge in [-0.25, -0.2) is 4.98 Å². The molecule has 0 bridgehead atoms. The van der Waals surface area contributed by atoms with Crippen LogP contribution in [0.1, 0.15) is 24.6 Å². The highest BCUT2D eigenvalue weighted by atomic mass is 79.9. The summed E-state index contributed by atoms with van der Waals surface area (Å²) in [4.78, 5) is 20.5. The van der Waals surface area contributed by atoms with Crippen LogP contribution >= 0.6 is 27.5 Å². The van der Waals surface area contributed by atoms with Gasteiger partial charge in [-0.3, -0.25) is 4.79 Å². The maximum atomic E-state index is 12.3. The van der Waals surface area contributed by atoms with E-state index in [1.807, 2.05) is 35.0 Å². The largest absolute Gasteiger partial charge is 0.461 e. The summed E-state index contributed by atoms with van der Waals surface area (Å²) < 4.78 is 14.4. The first-order valence-corrected chi connectivity index (χ1v) is 10.4. The number of aromatic nitrogens is 3. The van der Waals surface area contributed by atoms with Crippen LogP contribution in [0.5, 0.6) is 0 Å². The number of ether oxygens (including phenoxy) is 2. The Morgan fingerprint density at radius 2 is 2.17 bits per heavy atom. The fourth-order valence-electron chi connectivity index (χ4n) is 3.46. The van der Waals surface area contributed by atoms with Crippen molar-refractivity contribution in [2.24, 2.45) is 0 Å². The SMILES string of the molecule is C#CC1(COC(=O)Cc2ccc(Br)cc2)CCC(n2ccc3c(N)nc(Cl)nc32)O1. The average molecular weight is 490 g/mol. The van der Waals surface area contributed by atoms with Crippen LogP contribution in [-0.2, 0) is 20.7 Å². The molecule has 3 heterocycles. The van der Waals surface area contributed by atoms with E-state index in [1.165, 1.54) is 0 Å². The van der Waals surface area contributed by atoms with Gasteiger partial charge in [0.1, 0.15) is 24.3 Å². The highest BCUT2D eigenvalue weighted by molar-refractivity contribution is 9.10. The van der Waals surface area contributed by atoms with Gasteiger partial charge in [-0.05, 0) is 48.2 Å². The lowest BCUT2D eigenvalue weighted by molar-refractivity contribution is -0.151. The van der Waals surface area contributed by atoms with Crippen molar-refractivity contribution < 1.29 is 14.3 Å². The minimum absolute atomic E-state index is 0.0214. The number of hydrogen-bond donors (Lipinski definition) is 1. The molecule has 0 amide bonds. The second-order valence-electron chi connectivity index (χ2n) is 7.05. The van der Waals surface area contributed by atoms with Crippen molar-refractivity contribution in [3.8, 4) is 12.3 Å². The third-order valence-corrected chi connectivity index (χ3v) is 5.73. The van der Waals surface area contributed by atoms with Gasteiger partial charge in [-0.2, -0.15) is 4.98 Å². The standard InChI is InChI=1S/C21H18BrClN4O3/c1-2-21(12-29-17(28)11-13-3-5-14(22)6-4-13)9-7-16(30-21)27-10-8-15-18(24)25-20(23)26-19(15)27/h1,3-6,8,10,16H,7,9,11-12H2,(H2,24,25,26). The van der Waals surface area contributed by atoms with Crippen molar-refractivity contribution in [3.05, 3.63) is 51.8 Å². The number of benzene rings is 1. The van der Waals surface area contributed by atoms with E-state index in [4.69, 9.17) is 33.2 Å². The van der Waals surface area contributed by atoms with Crippen LogP contribution in [0.2, 0.25) is 5.28 Å². The molecule has 0 saturated carbocycles. The van der Waals surface area contributed by atoms with Crippen LogP contribution in [0, 0.1) is 12.3 Å². The number of rotatable bonds is 5. The predicted octanol–water partition coefficient (Wildman–Crippen LogP) is 3.90. The van der Waals surface area contributed by atoms with E-state index in [0.29, 0.717) is 29.7 Å². The number of halogens is 2. The fraction of sp³-hybridized carbons (Fsp3) is 0.286. The van der Waals surface area contributed by atoms with Gasteiger partial charge in [-0.15, -0.1) is 6.42 Å². The second kappa shape index (κ2) is 8.26. The molecule has 30 heavy (non-hydrogen) atoms. The van der Waals surface area contributed by atoms with Crippen molar-refractivity contribution in [1.82, 2.24) is 14.5 Å². The Morgan fingerprint density at radius 3 is 2.90 bits per heavy atom. The molecule has 1 aliphatic rings. The number of fused-ring (bicyclic) bond motifs is 1. The van der Waals surface area contributed by atoms with E-state index in [9.17, 15) is 4.79 Å². The number of esters is 1. The van der Waals surface area contributed by atoms with Crippen LogP contribution in [0.3, 0.4) is 0 Å². The number of hydrogen-bond acceptors (Lipinski definition) is 6. The molecule has 9 heteroatoms. The molecule has 0 spiro atoms. The highest BCUT2D eigenvalue weighted by Gasteiger charge is 2.41. The summed E-state index contributed by atoms with van der Waals surface area (Å²) in [6.45, 7) is -0.0214. The molecule has 1 aromatic carbocycles. The van der Waals surface area contributed by atoms with Gasteiger partial charge in [0.2, 0.25) is 5.28 Å². The van der Waals surface area contributed by atoms with E-state index in [2.05, 4.69) is 31.8 Å². The Labute approximate surface area is 186 Å². The van der Waals surface area contributed by atoms with Crippen molar-refractivity contribution in [3.63, 3.8) is 0 Å². The van der Waals surface area contributed by atoms with Crippen LogP contribution in [0.15, 0.2) is 41.0 Å². The van der Waals surface area contributed by atoms with E-state index in [0.717, 1.165) is 10.0 Å². The maximum Gasteiger partial charge on any atom is 0.310 e. The van der Waals surface area contributed by atoms with Crippen LogP contribution < -0.4 is 5.73 Å². The van der Waals surface area contributed by atoms with E-state index < -0.39 is 5.60 Å². The number of nitrogens with zero attached hydrogens (tertiary/aromatic N) is 3. The second-order valence-corrected chi connectivity index (χ2v) is 8.31. The maximum absolute atomic E-state index is 12.3. The number of carbonyl (C=O) groups excluding carboxylic acids is 1. The van der Waals surface area contributed by atoms with Crippen molar-refractivity contribution >= 4 is 50.4 Å². The van der Waals surface area contributed by atoms with Gasteiger partial charge in [0.05, 0.1) is 11.8 Å². The first-order valence-electron chi connectivity index (χ1n) is 9.24. The molecule has 1 saturated heterocycles. The molecule has 0 radical (unpaired) electrons. The van der Waals surface area contributed by atoms with E-state index in [1.54, 1.807) is 6.07 Å². The van der Waals surface area contributed by atoms with Gasteiger partial charge >= 0.3 is 5.97 Å². The number of terminal acetylenes is 1. The normalized spacial score (nSPS) is 20.9. The summed E-state index contributed by atoms with van der Waals surface area (Å²) in [7, 11) is 0. The Bertz CT molecular complexity index is 1140. The smallest absolute Gasteiger partial charge is 0.310 e. The molecule has 1 aliphatic heterocycles. The summed E-state index contributed by atoms with van der Waals surface area (Å²) in [5.41, 5.74) is 6.34. The summed E-state index contributed by atoms with van der Waals surface area (Å²) >= 11 is 9.32. The number of carbonyl (C=O) groups is 1. The average Bonchev–Trinajstić information content (AvgIpc) is 3.33. The first-order chi connectivity index (χ1) is 14.4. The Kier molecular flexibility index (Phi) is 5.69. The van der Waals surface area contributed by atoms with Gasteiger partial charge in [0.15, 0.2) is 5.60 Å². The predicted molar refractivity (Wildman–Crippen MR) is 117 cm³/mol. The molecule has 2 N–H and O–H groups in total. The molecule has 0 aliphatic carbocycles. The van der Waals surface area contributed by atoms with E-state index in [-0.39, 0.29) is 30.5 Å². The molecular weight excluding hydrogens is 472 g/mol. The minimum atomic E-state index is -1.00. The lowest BCUT2D eigenvalue weighted by atomic mass is 10.0. The molecular formula is C21H18BrClN4O3. The third-order valence-electron chi connectivity index (χ3n) is 5.03. The van der Waals surface area contributed by atoms with Crippen LogP contribution in [0.25, 0.3) is 11.0 Å². The summed E-state index contributed by atoms with van der Waals surface area (Å²) in [6, 6.07) is 9.28. The van der Waals surface area contributed by atoms with Gasteiger partial charge in [0.25, 0.3) is 0 Å². The number of nitrogens with two attached hydrogens (primary N) is 1. The van der Waals surface area contributed by atoms with Crippen molar-refractivity contribution in [1.29, 1.82) is 0 Å². The van der Waals surface area contributed by atoms with Crippen molar-refractivity contribution in [2.45, 2.75) is 31.1 Å². The molecule has 3 aromatic rings. The van der Waals surface area contributed by atoms with Crippen LogP contribution in [-0.4, -0.2) is 32.7 Å². The third kappa shape index (κ3) is 4.15. The molecule has 154 valence electrons. The van der Waals surface area contributed by atoms with Gasteiger partial charge in [0, 0.05) is 10.7 Å². The summed E-state index contributed by atoms with van der Waals surface area (Å²) in [5, 5.41) is 0.741. The molecule has 2 unspecified atom stereocenters. The fourth-order valence-corrected chi connectivity index (χ4v) is 3.90. The lowest BCUT2D eigenvalue weighted by Crippen LogP contribution is -2.34. The van der Waals surface area contributed by atoms with Crippen molar-refractivity contribution in [2.75, 3.05) is 12.3 Å². The van der Waals surface area contributed by atoms with Gasteiger partial charge < -0.3 is 19.8 Å². The zero-order chi connectivity index (χ0) is 21.3. The quantitative estimate of drug-likeness (QED) is 0.332. The molecule has 2 aromatic heterocycles. The minimum Gasteiger partial charge on any atom is -0.461 e. The topological polar surface area (TPSA) is 92.3 Å². The monoisotopic (exact) mass is 488 g/mol. The molecule has 2 atom stereocenters. The zero-order valence-corrected chi connectivity index (χ0v) is 18.2. The molecule has 1 fully saturated rings. The number of anilines is 1. The summed E-state index contributed by atoms with van der Waals surface area (Å²) in [6.07, 6.45) is 8.50. The lowest BCUT2D eigenvalue weighted by Gasteiger charge is -2.24. The highest BCUT2D eigenvalue weighted by Crippen LogP contribution is 2.38. The van der Waals surface area contributed by atoms with Gasteiger partial charge in [-0.1, -0.05) is 34.0 Å². The summed E-state index contributed by atoms with van der Waals surface area (Å²) in [5.74, 6) is 2.60. The Balaban J connectivity index is 1.44. The molecule has 7 nitrogen and oxygen atoms in total. The number of nitrogen functional groups attached to an aromatic ring is 1. The zero-order valence-electron chi connectivity index (χ0n) is 15.8. The van der Waals surface area contributed by atoms with E-state index >= 15 is 0 Å². The van der Waals surface area contributed by atoms with Crippen LogP contribution in [0.4, 0.5) is 5.82 Å².